The van der Waals surface area contributed by atoms with Crippen LogP contribution in [0, 0.1) is 5.41 Å². The van der Waals surface area contributed by atoms with Gasteiger partial charge in [-0.15, -0.1) is 0 Å². The van der Waals surface area contributed by atoms with E-state index in [9.17, 15) is 9.59 Å². The molecule has 0 aromatic carbocycles. The average Bonchev–Trinajstić information content (AvgIpc) is 2.36. The van der Waals surface area contributed by atoms with E-state index in [0.717, 1.165) is 25.9 Å². The van der Waals surface area contributed by atoms with Gasteiger partial charge in [-0.3, -0.25) is 4.79 Å². The Morgan fingerprint density at radius 3 is 2.58 bits per heavy atom. The molecule has 1 aliphatic heterocycles. The summed E-state index contributed by atoms with van der Waals surface area (Å²) in [6, 6.07) is 2.69. The van der Waals surface area contributed by atoms with Gasteiger partial charge in [-0.2, -0.15) is 0 Å². The third kappa shape index (κ3) is 3.23. The van der Waals surface area contributed by atoms with Gasteiger partial charge >= 0.3 is 5.97 Å². The highest BCUT2D eigenvalue weighted by Gasteiger charge is 2.29. The smallest absolute Gasteiger partial charge is 0.337 e. The summed E-state index contributed by atoms with van der Waals surface area (Å²) in [5, 5.41) is 8.98. The molecule has 1 aromatic rings. The summed E-state index contributed by atoms with van der Waals surface area (Å²) < 4.78 is 1.54. The number of aromatic carboxylic acids is 1. The summed E-state index contributed by atoms with van der Waals surface area (Å²) in [6.07, 6.45) is 3.49. The van der Waals surface area contributed by atoms with Gasteiger partial charge in [-0.25, -0.2) is 4.79 Å². The van der Waals surface area contributed by atoms with Gasteiger partial charge in [0.05, 0.1) is 5.56 Å². The monoisotopic (exact) mass is 264 g/mol. The molecule has 5 nitrogen and oxygen atoms in total. The molecule has 2 heterocycles. The lowest BCUT2D eigenvalue weighted by molar-refractivity contribution is 0.0694. The van der Waals surface area contributed by atoms with Crippen LogP contribution in [0.5, 0.6) is 0 Å². The maximum Gasteiger partial charge on any atom is 0.337 e. The van der Waals surface area contributed by atoms with Crippen molar-refractivity contribution in [3.05, 3.63) is 34.2 Å². The van der Waals surface area contributed by atoms with Gasteiger partial charge in [0.25, 0.3) is 5.56 Å². The van der Waals surface area contributed by atoms with E-state index in [0.29, 0.717) is 6.54 Å². The van der Waals surface area contributed by atoms with Crippen molar-refractivity contribution >= 4 is 5.97 Å². The van der Waals surface area contributed by atoms with Crippen LogP contribution >= 0.6 is 0 Å². The summed E-state index contributed by atoms with van der Waals surface area (Å²) in [5.74, 6) is -0.998. The lowest BCUT2D eigenvalue weighted by atomic mass is 9.80. The number of hydrogen-bond donors (Lipinski definition) is 1. The first kappa shape index (κ1) is 13.8. The number of carboxylic acids is 1. The summed E-state index contributed by atoms with van der Waals surface area (Å²) in [7, 11) is 2.09. The SMILES string of the molecule is CN1CCC(C)(Cn2cc(C(=O)O)ccc2=O)CC1. The third-order valence-corrected chi connectivity index (χ3v) is 3.98. The second kappa shape index (κ2) is 5.17. The van der Waals surface area contributed by atoms with Crippen LogP contribution in [0.15, 0.2) is 23.1 Å². The van der Waals surface area contributed by atoms with Crippen molar-refractivity contribution in [1.82, 2.24) is 9.47 Å². The predicted molar refractivity (Wildman–Crippen MR) is 72.5 cm³/mol. The fraction of sp³-hybridized carbons (Fsp3) is 0.571. The normalized spacial score (nSPS) is 19.3. The van der Waals surface area contributed by atoms with Crippen LogP contribution in [0.4, 0.5) is 0 Å². The first-order valence-corrected chi connectivity index (χ1v) is 6.52. The fourth-order valence-corrected chi connectivity index (χ4v) is 2.51. The molecule has 1 aliphatic rings. The molecule has 1 N–H and O–H groups in total. The molecule has 5 heteroatoms. The number of aromatic nitrogens is 1. The lowest BCUT2D eigenvalue weighted by Gasteiger charge is -2.38. The molecule has 1 saturated heterocycles. The van der Waals surface area contributed by atoms with Crippen molar-refractivity contribution in [2.24, 2.45) is 5.41 Å². The predicted octanol–water partition coefficient (Wildman–Crippen LogP) is 1.28. The Labute approximate surface area is 112 Å². The molecule has 2 rings (SSSR count). The van der Waals surface area contributed by atoms with Gasteiger partial charge in [-0.1, -0.05) is 6.92 Å². The number of piperidine rings is 1. The second-order valence-electron chi connectivity index (χ2n) is 5.80. The largest absolute Gasteiger partial charge is 0.478 e. The standard InChI is InChI=1S/C14H20N2O3/c1-14(5-7-15(2)8-6-14)10-16-9-11(13(18)19)3-4-12(16)17/h3-4,9H,5-8,10H2,1-2H3,(H,18,19). The van der Waals surface area contributed by atoms with E-state index in [1.54, 1.807) is 0 Å². The summed E-state index contributed by atoms with van der Waals surface area (Å²) in [4.78, 5) is 25.1. The van der Waals surface area contributed by atoms with Gasteiger partial charge in [0.2, 0.25) is 0 Å². The number of carboxylic acid groups (broad SMARTS) is 1. The highest BCUT2D eigenvalue weighted by Crippen LogP contribution is 2.31. The number of carbonyl (C=O) groups is 1. The summed E-state index contributed by atoms with van der Waals surface area (Å²) in [5.41, 5.74) is 0.0919. The van der Waals surface area contributed by atoms with Crippen molar-refractivity contribution in [1.29, 1.82) is 0 Å². The van der Waals surface area contributed by atoms with E-state index >= 15 is 0 Å². The molecule has 1 aromatic heterocycles. The average molecular weight is 264 g/mol. The van der Waals surface area contributed by atoms with E-state index in [1.165, 1.54) is 22.9 Å². The van der Waals surface area contributed by atoms with Crippen molar-refractivity contribution in [3.8, 4) is 0 Å². The Morgan fingerprint density at radius 2 is 2.00 bits per heavy atom. The van der Waals surface area contributed by atoms with E-state index in [2.05, 4.69) is 18.9 Å². The highest BCUT2D eigenvalue weighted by molar-refractivity contribution is 5.87. The zero-order chi connectivity index (χ0) is 14.0. The van der Waals surface area contributed by atoms with Crippen LogP contribution in [0.25, 0.3) is 0 Å². The molecule has 104 valence electrons. The molecule has 0 unspecified atom stereocenters. The minimum absolute atomic E-state index is 0.0630. The first-order chi connectivity index (χ1) is 8.89. The molecule has 0 radical (unpaired) electrons. The maximum atomic E-state index is 11.8. The number of nitrogens with zero attached hydrogens (tertiary/aromatic N) is 2. The van der Waals surface area contributed by atoms with Crippen LogP contribution in [0.2, 0.25) is 0 Å². The van der Waals surface area contributed by atoms with E-state index in [-0.39, 0.29) is 16.5 Å². The molecule has 0 bridgehead atoms. The van der Waals surface area contributed by atoms with E-state index in [1.807, 2.05) is 0 Å². The third-order valence-electron chi connectivity index (χ3n) is 3.98. The van der Waals surface area contributed by atoms with Crippen molar-refractivity contribution in [2.45, 2.75) is 26.3 Å². The van der Waals surface area contributed by atoms with Crippen LogP contribution in [0.1, 0.15) is 30.1 Å². The molecule has 0 amide bonds. The topological polar surface area (TPSA) is 62.5 Å². The molecule has 19 heavy (non-hydrogen) atoms. The quantitative estimate of drug-likeness (QED) is 0.893. The zero-order valence-corrected chi connectivity index (χ0v) is 11.4. The Balaban J connectivity index is 2.21. The molecule has 0 saturated carbocycles. The van der Waals surface area contributed by atoms with Gasteiger partial charge in [0.15, 0.2) is 0 Å². The Kier molecular flexibility index (Phi) is 3.75. The van der Waals surface area contributed by atoms with Crippen molar-refractivity contribution in [2.75, 3.05) is 20.1 Å². The minimum atomic E-state index is -0.998. The lowest BCUT2D eigenvalue weighted by Crippen LogP contribution is -2.40. The van der Waals surface area contributed by atoms with Crippen LogP contribution in [-0.2, 0) is 6.54 Å². The molecular formula is C14H20N2O3. The van der Waals surface area contributed by atoms with Crippen molar-refractivity contribution in [3.63, 3.8) is 0 Å². The molecule has 0 aliphatic carbocycles. The molecular weight excluding hydrogens is 244 g/mol. The number of likely N-dealkylation sites (tertiary alicyclic amines) is 1. The van der Waals surface area contributed by atoms with Gasteiger partial charge in [0.1, 0.15) is 0 Å². The number of hydrogen-bond acceptors (Lipinski definition) is 3. The van der Waals surface area contributed by atoms with Crippen LogP contribution in [0.3, 0.4) is 0 Å². The zero-order valence-electron chi connectivity index (χ0n) is 11.4. The van der Waals surface area contributed by atoms with Crippen LogP contribution in [-0.4, -0.2) is 40.7 Å². The van der Waals surface area contributed by atoms with E-state index in [4.69, 9.17) is 5.11 Å². The highest BCUT2D eigenvalue weighted by atomic mass is 16.4. The van der Waals surface area contributed by atoms with Gasteiger partial charge in [-0.05, 0) is 44.5 Å². The second-order valence-corrected chi connectivity index (χ2v) is 5.80. The Bertz CT molecular complexity index is 528. The van der Waals surface area contributed by atoms with Crippen molar-refractivity contribution < 1.29 is 9.90 Å². The maximum absolute atomic E-state index is 11.8. The molecule has 1 fully saturated rings. The Hall–Kier alpha value is -1.62. The number of rotatable bonds is 3. The molecule has 0 spiro atoms. The number of pyridine rings is 1. The first-order valence-electron chi connectivity index (χ1n) is 6.52. The fourth-order valence-electron chi connectivity index (χ4n) is 2.51. The summed E-state index contributed by atoms with van der Waals surface area (Å²) in [6.45, 7) is 4.79. The van der Waals surface area contributed by atoms with Gasteiger partial charge < -0.3 is 14.6 Å². The summed E-state index contributed by atoms with van der Waals surface area (Å²) >= 11 is 0. The molecule has 0 atom stereocenters. The minimum Gasteiger partial charge on any atom is -0.478 e. The Morgan fingerprint density at radius 1 is 1.37 bits per heavy atom. The van der Waals surface area contributed by atoms with Gasteiger partial charge in [0, 0.05) is 18.8 Å². The van der Waals surface area contributed by atoms with Crippen LogP contribution < -0.4 is 5.56 Å². The van der Waals surface area contributed by atoms with E-state index < -0.39 is 5.97 Å².